The number of hydrogen-bond acceptors (Lipinski definition) is 2. The van der Waals surface area contributed by atoms with Gasteiger partial charge in [0, 0.05) is 11.3 Å². The van der Waals surface area contributed by atoms with E-state index in [1.54, 1.807) is 13.0 Å². The Kier molecular flexibility index (Phi) is 6.94. The third-order valence-corrected chi connectivity index (χ3v) is 2.68. The van der Waals surface area contributed by atoms with Crippen molar-refractivity contribution in [2.45, 2.75) is 38.7 Å². The van der Waals surface area contributed by atoms with Crippen LogP contribution >= 0.6 is 12.4 Å². The number of amides is 1. The van der Waals surface area contributed by atoms with Gasteiger partial charge >= 0.3 is 0 Å². The van der Waals surface area contributed by atoms with Crippen molar-refractivity contribution < 1.29 is 13.6 Å². The first-order valence-corrected chi connectivity index (χ1v) is 5.85. The molecule has 0 spiro atoms. The first-order chi connectivity index (χ1) is 8.36. The fraction of sp³-hybridized carbons (Fsp3) is 0.462. The number of anilines is 1. The number of nitrogens with one attached hydrogen (secondary N) is 1. The number of nitrogens with two attached hydrogens (primary N) is 1. The van der Waals surface area contributed by atoms with Crippen LogP contribution in [-0.2, 0) is 4.79 Å². The highest BCUT2D eigenvalue weighted by Gasteiger charge is 2.27. The summed E-state index contributed by atoms with van der Waals surface area (Å²) in [6.07, 6.45) is -1.24. The quantitative estimate of drug-likeness (QED) is 0.872. The molecule has 0 heterocycles. The van der Waals surface area contributed by atoms with Crippen LogP contribution in [0, 0.1) is 0 Å². The van der Waals surface area contributed by atoms with Crippen LogP contribution in [0.5, 0.6) is 0 Å². The standard InChI is InChI=1S/C13H18F2N2O.ClH/c1-3-7-13(2,16)12(18)17-10-6-4-5-9(8-10)11(14)15;/h4-6,8,11H,3,7,16H2,1-2H3,(H,17,18);1H. The highest BCUT2D eigenvalue weighted by atomic mass is 35.5. The van der Waals surface area contributed by atoms with Crippen LogP contribution in [0.25, 0.3) is 0 Å². The number of carbonyl (C=O) groups is 1. The maximum absolute atomic E-state index is 12.5. The van der Waals surface area contributed by atoms with Gasteiger partial charge in [0.25, 0.3) is 6.43 Å². The van der Waals surface area contributed by atoms with Gasteiger partial charge in [0.15, 0.2) is 0 Å². The van der Waals surface area contributed by atoms with E-state index in [-0.39, 0.29) is 23.9 Å². The Morgan fingerprint density at radius 1 is 1.47 bits per heavy atom. The van der Waals surface area contributed by atoms with Crippen molar-refractivity contribution in [3.8, 4) is 0 Å². The average Bonchev–Trinajstić information content (AvgIpc) is 2.29. The molecular weight excluding hydrogens is 274 g/mol. The van der Waals surface area contributed by atoms with E-state index in [4.69, 9.17) is 5.73 Å². The summed E-state index contributed by atoms with van der Waals surface area (Å²) in [5.41, 5.74) is 5.08. The molecule has 3 N–H and O–H groups in total. The van der Waals surface area contributed by atoms with E-state index in [0.29, 0.717) is 12.1 Å². The molecule has 0 fully saturated rings. The second kappa shape index (κ2) is 7.40. The molecule has 0 aliphatic carbocycles. The molecule has 1 aromatic rings. The molecule has 19 heavy (non-hydrogen) atoms. The van der Waals surface area contributed by atoms with Gasteiger partial charge in [-0.05, 0) is 25.5 Å². The van der Waals surface area contributed by atoms with Crippen LogP contribution in [0.1, 0.15) is 38.7 Å². The van der Waals surface area contributed by atoms with Gasteiger partial charge in [0.1, 0.15) is 0 Å². The molecule has 0 radical (unpaired) electrons. The van der Waals surface area contributed by atoms with Crippen molar-refractivity contribution in [1.82, 2.24) is 0 Å². The van der Waals surface area contributed by atoms with Crippen LogP contribution in [0.15, 0.2) is 24.3 Å². The molecule has 0 saturated heterocycles. The van der Waals surface area contributed by atoms with E-state index in [1.807, 2.05) is 6.92 Å². The lowest BCUT2D eigenvalue weighted by Gasteiger charge is -2.23. The van der Waals surface area contributed by atoms with Crippen molar-refractivity contribution >= 4 is 24.0 Å². The molecular formula is C13H19ClF2N2O. The van der Waals surface area contributed by atoms with E-state index < -0.39 is 12.0 Å². The minimum atomic E-state index is -2.55. The molecule has 1 amide bonds. The van der Waals surface area contributed by atoms with Gasteiger partial charge in [0.2, 0.25) is 5.91 Å². The lowest BCUT2D eigenvalue weighted by atomic mass is 9.96. The Morgan fingerprint density at radius 3 is 2.63 bits per heavy atom. The first-order valence-electron chi connectivity index (χ1n) is 5.85. The predicted molar refractivity (Wildman–Crippen MR) is 74.8 cm³/mol. The van der Waals surface area contributed by atoms with Gasteiger partial charge in [-0.3, -0.25) is 4.79 Å². The van der Waals surface area contributed by atoms with Gasteiger partial charge in [-0.25, -0.2) is 8.78 Å². The zero-order valence-corrected chi connectivity index (χ0v) is 11.8. The van der Waals surface area contributed by atoms with E-state index in [2.05, 4.69) is 5.32 Å². The Labute approximate surface area is 118 Å². The molecule has 0 saturated carbocycles. The smallest absolute Gasteiger partial charge is 0.263 e. The van der Waals surface area contributed by atoms with Crippen molar-refractivity contribution in [3.05, 3.63) is 29.8 Å². The Hall–Kier alpha value is -1.20. The Balaban J connectivity index is 0.00000324. The lowest BCUT2D eigenvalue weighted by molar-refractivity contribution is -0.120. The molecule has 0 aliphatic heterocycles. The van der Waals surface area contributed by atoms with Crippen molar-refractivity contribution in [3.63, 3.8) is 0 Å². The molecule has 0 aliphatic rings. The van der Waals surface area contributed by atoms with E-state index in [0.717, 1.165) is 6.42 Å². The van der Waals surface area contributed by atoms with Crippen LogP contribution in [0.2, 0.25) is 0 Å². The molecule has 1 unspecified atom stereocenters. The van der Waals surface area contributed by atoms with E-state index >= 15 is 0 Å². The summed E-state index contributed by atoms with van der Waals surface area (Å²) < 4.78 is 25.0. The first kappa shape index (κ1) is 17.8. The normalized spacial score (nSPS) is 13.6. The summed E-state index contributed by atoms with van der Waals surface area (Å²) in [6.45, 7) is 3.55. The second-order valence-electron chi connectivity index (χ2n) is 4.55. The van der Waals surface area contributed by atoms with Crippen molar-refractivity contribution in [2.24, 2.45) is 5.73 Å². The van der Waals surface area contributed by atoms with Gasteiger partial charge in [0.05, 0.1) is 5.54 Å². The molecule has 1 rings (SSSR count). The van der Waals surface area contributed by atoms with Crippen LogP contribution in [0.3, 0.4) is 0 Å². The van der Waals surface area contributed by atoms with Gasteiger partial charge in [-0.15, -0.1) is 12.4 Å². The van der Waals surface area contributed by atoms with Crippen molar-refractivity contribution in [2.75, 3.05) is 5.32 Å². The number of alkyl halides is 2. The summed E-state index contributed by atoms with van der Waals surface area (Å²) in [7, 11) is 0. The van der Waals surface area contributed by atoms with Crippen LogP contribution < -0.4 is 11.1 Å². The third-order valence-electron chi connectivity index (χ3n) is 2.68. The van der Waals surface area contributed by atoms with Crippen LogP contribution in [-0.4, -0.2) is 11.4 Å². The van der Waals surface area contributed by atoms with Gasteiger partial charge in [-0.2, -0.15) is 0 Å². The zero-order valence-electron chi connectivity index (χ0n) is 11.0. The molecule has 1 atom stereocenters. The number of benzene rings is 1. The van der Waals surface area contributed by atoms with E-state index in [1.165, 1.54) is 18.2 Å². The highest BCUT2D eigenvalue weighted by Crippen LogP contribution is 2.22. The van der Waals surface area contributed by atoms with E-state index in [9.17, 15) is 13.6 Å². The average molecular weight is 293 g/mol. The molecule has 0 bridgehead atoms. The van der Waals surface area contributed by atoms with Crippen LogP contribution in [0.4, 0.5) is 14.5 Å². The third kappa shape index (κ3) is 5.12. The Morgan fingerprint density at radius 2 is 2.11 bits per heavy atom. The molecule has 6 heteroatoms. The zero-order chi connectivity index (χ0) is 13.8. The number of hydrogen-bond donors (Lipinski definition) is 2. The topological polar surface area (TPSA) is 55.1 Å². The van der Waals surface area contributed by atoms with Gasteiger partial charge in [-0.1, -0.05) is 25.5 Å². The second-order valence-corrected chi connectivity index (χ2v) is 4.55. The lowest BCUT2D eigenvalue weighted by Crippen LogP contribution is -2.48. The summed E-state index contributed by atoms with van der Waals surface area (Å²) in [6, 6.07) is 5.61. The SMILES string of the molecule is CCCC(C)(N)C(=O)Nc1cccc(C(F)F)c1.Cl. The number of halogens is 3. The van der Waals surface area contributed by atoms with Gasteiger partial charge < -0.3 is 11.1 Å². The fourth-order valence-corrected chi connectivity index (χ4v) is 1.66. The summed E-state index contributed by atoms with van der Waals surface area (Å²) in [5.74, 6) is -0.365. The molecule has 108 valence electrons. The van der Waals surface area contributed by atoms with Crippen molar-refractivity contribution in [1.29, 1.82) is 0 Å². The minimum absolute atomic E-state index is 0. The largest absolute Gasteiger partial charge is 0.324 e. The predicted octanol–water partition coefficient (Wildman–Crippen LogP) is 3.50. The maximum atomic E-state index is 12.5. The number of carbonyl (C=O) groups excluding carboxylic acids is 1. The fourth-order valence-electron chi connectivity index (χ4n) is 1.66. The molecule has 0 aromatic heterocycles. The minimum Gasteiger partial charge on any atom is -0.324 e. The maximum Gasteiger partial charge on any atom is 0.263 e. The summed E-state index contributed by atoms with van der Waals surface area (Å²) in [5, 5.41) is 2.56. The Bertz CT molecular complexity index is 425. The monoisotopic (exact) mass is 292 g/mol. The summed E-state index contributed by atoms with van der Waals surface area (Å²) >= 11 is 0. The molecule has 3 nitrogen and oxygen atoms in total. The summed E-state index contributed by atoms with van der Waals surface area (Å²) in [4.78, 5) is 11.9. The highest BCUT2D eigenvalue weighted by molar-refractivity contribution is 5.97. The molecule has 1 aromatic carbocycles. The number of rotatable bonds is 5.